The summed E-state index contributed by atoms with van der Waals surface area (Å²) in [5.41, 5.74) is 7.54. The molecule has 0 aliphatic heterocycles. The predicted octanol–water partition coefficient (Wildman–Crippen LogP) is 1.19. The second-order valence-electron chi connectivity index (χ2n) is 3.95. The van der Waals surface area contributed by atoms with Crippen LogP contribution in [0.2, 0.25) is 0 Å². The molecule has 94 valence electrons. The first kappa shape index (κ1) is 13.7. The van der Waals surface area contributed by atoms with E-state index < -0.39 is 0 Å². The molecule has 0 fully saturated rings. The van der Waals surface area contributed by atoms with E-state index in [1.54, 1.807) is 7.11 Å². The number of amides is 1. The Hall–Kier alpha value is -1.39. The SMILES string of the molecule is CCC(NCc1ccccc1COC)C(N)=O. The molecule has 1 rings (SSSR count). The van der Waals surface area contributed by atoms with Gasteiger partial charge in [-0.1, -0.05) is 31.2 Å². The molecule has 0 aliphatic rings. The van der Waals surface area contributed by atoms with Crippen molar-refractivity contribution in [2.24, 2.45) is 5.73 Å². The first-order chi connectivity index (χ1) is 8.19. The molecule has 0 radical (unpaired) electrons. The van der Waals surface area contributed by atoms with E-state index in [1.807, 2.05) is 31.2 Å². The second kappa shape index (κ2) is 7.04. The van der Waals surface area contributed by atoms with Gasteiger partial charge in [-0.3, -0.25) is 4.79 Å². The van der Waals surface area contributed by atoms with Gasteiger partial charge in [0.25, 0.3) is 0 Å². The summed E-state index contributed by atoms with van der Waals surface area (Å²) in [7, 11) is 1.67. The van der Waals surface area contributed by atoms with E-state index in [4.69, 9.17) is 10.5 Å². The summed E-state index contributed by atoms with van der Waals surface area (Å²) in [6.07, 6.45) is 0.696. The Labute approximate surface area is 102 Å². The number of primary amides is 1. The van der Waals surface area contributed by atoms with Crippen LogP contribution in [0.5, 0.6) is 0 Å². The maximum absolute atomic E-state index is 11.1. The fourth-order valence-electron chi connectivity index (χ4n) is 1.71. The highest BCUT2D eigenvalue weighted by Gasteiger charge is 2.12. The topological polar surface area (TPSA) is 64.3 Å². The Morgan fingerprint density at radius 2 is 2.06 bits per heavy atom. The van der Waals surface area contributed by atoms with Gasteiger partial charge in [-0.25, -0.2) is 0 Å². The Morgan fingerprint density at radius 1 is 1.41 bits per heavy atom. The third-order valence-corrected chi connectivity index (χ3v) is 2.71. The molecular formula is C13H20N2O2. The van der Waals surface area contributed by atoms with Gasteiger partial charge in [0.15, 0.2) is 0 Å². The number of rotatable bonds is 7. The van der Waals surface area contributed by atoms with E-state index in [1.165, 1.54) is 0 Å². The van der Waals surface area contributed by atoms with Gasteiger partial charge >= 0.3 is 0 Å². The molecule has 1 aromatic rings. The summed E-state index contributed by atoms with van der Waals surface area (Å²) in [4.78, 5) is 11.1. The standard InChI is InChI=1S/C13H20N2O2/c1-3-12(13(14)16)15-8-10-6-4-5-7-11(10)9-17-2/h4-7,12,15H,3,8-9H2,1-2H3,(H2,14,16). The third-order valence-electron chi connectivity index (χ3n) is 2.71. The van der Waals surface area contributed by atoms with Crippen molar-refractivity contribution in [3.63, 3.8) is 0 Å². The largest absolute Gasteiger partial charge is 0.380 e. The maximum atomic E-state index is 11.1. The first-order valence-electron chi connectivity index (χ1n) is 5.77. The highest BCUT2D eigenvalue weighted by atomic mass is 16.5. The zero-order valence-electron chi connectivity index (χ0n) is 10.4. The lowest BCUT2D eigenvalue weighted by Crippen LogP contribution is -2.40. The zero-order valence-corrected chi connectivity index (χ0v) is 10.4. The lowest BCUT2D eigenvalue weighted by molar-refractivity contribution is -0.120. The van der Waals surface area contributed by atoms with Crippen LogP contribution in [0.15, 0.2) is 24.3 Å². The fraction of sp³-hybridized carbons (Fsp3) is 0.462. The first-order valence-corrected chi connectivity index (χ1v) is 5.77. The van der Waals surface area contributed by atoms with Crippen LogP contribution in [0.3, 0.4) is 0 Å². The van der Waals surface area contributed by atoms with Crippen molar-refractivity contribution in [3.05, 3.63) is 35.4 Å². The van der Waals surface area contributed by atoms with Crippen LogP contribution in [-0.4, -0.2) is 19.1 Å². The van der Waals surface area contributed by atoms with E-state index >= 15 is 0 Å². The highest BCUT2D eigenvalue weighted by molar-refractivity contribution is 5.79. The Bertz CT molecular complexity index is 366. The lowest BCUT2D eigenvalue weighted by Gasteiger charge is -2.15. The van der Waals surface area contributed by atoms with Gasteiger partial charge in [0.2, 0.25) is 5.91 Å². The van der Waals surface area contributed by atoms with Gasteiger partial charge in [-0.15, -0.1) is 0 Å². The number of carbonyl (C=O) groups is 1. The number of nitrogens with one attached hydrogen (secondary N) is 1. The Kier molecular flexibility index (Phi) is 5.66. The second-order valence-corrected chi connectivity index (χ2v) is 3.95. The molecule has 0 saturated heterocycles. The van der Waals surface area contributed by atoms with Crippen molar-refractivity contribution in [1.29, 1.82) is 0 Å². The number of nitrogens with two attached hydrogens (primary N) is 1. The van der Waals surface area contributed by atoms with Crippen LogP contribution < -0.4 is 11.1 Å². The van der Waals surface area contributed by atoms with Crippen LogP contribution in [-0.2, 0) is 22.7 Å². The molecule has 17 heavy (non-hydrogen) atoms. The van der Waals surface area contributed by atoms with Gasteiger partial charge in [0.05, 0.1) is 12.6 Å². The van der Waals surface area contributed by atoms with E-state index in [9.17, 15) is 4.79 Å². The maximum Gasteiger partial charge on any atom is 0.234 e. The van der Waals surface area contributed by atoms with Gasteiger partial charge in [-0.2, -0.15) is 0 Å². The van der Waals surface area contributed by atoms with Crippen molar-refractivity contribution in [2.45, 2.75) is 32.5 Å². The molecule has 4 heteroatoms. The smallest absolute Gasteiger partial charge is 0.234 e. The summed E-state index contributed by atoms with van der Waals surface area (Å²) in [5, 5.41) is 3.15. The average Bonchev–Trinajstić information content (AvgIpc) is 2.32. The van der Waals surface area contributed by atoms with Crippen molar-refractivity contribution in [1.82, 2.24) is 5.32 Å². The number of methoxy groups -OCH3 is 1. The van der Waals surface area contributed by atoms with Gasteiger partial charge in [0.1, 0.15) is 0 Å². The lowest BCUT2D eigenvalue weighted by atomic mass is 10.1. The van der Waals surface area contributed by atoms with Crippen LogP contribution >= 0.6 is 0 Å². The molecule has 0 aromatic heterocycles. The number of hydrogen-bond donors (Lipinski definition) is 2. The fourth-order valence-corrected chi connectivity index (χ4v) is 1.71. The molecule has 0 spiro atoms. The molecule has 1 unspecified atom stereocenters. The minimum Gasteiger partial charge on any atom is -0.380 e. The normalized spacial score (nSPS) is 12.4. The number of carbonyl (C=O) groups excluding carboxylic acids is 1. The number of ether oxygens (including phenoxy) is 1. The van der Waals surface area contributed by atoms with Crippen molar-refractivity contribution in [3.8, 4) is 0 Å². The quantitative estimate of drug-likeness (QED) is 0.747. The monoisotopic (exact) mass is 236 g/mol. The minimum absolute atomic E-state index is 0.273. The number of benzene rings is 1. The molecule has 1 atom stereocenters. The summed E-state index contributed by atoms with van der Waals surface area (Å²) in [6.45, 7) is 3.13. The molecule has 4 nitrogen and oxygen atoms in total. The summed E-state index contributed by atoms with van der Waals surface area (Å²) >= 11 is 0. The summed E-state index contributed by atoms with van der Waals surface area (Å²) in [6, 6.07) is 7.72. The third kappa shape index (κ3) is 4.17. The molecule has 0 aliphatic carbocycles. The number of hydrogen-bond acceptors (Lipinski definition) is 3. The van der Waals surface area contributed by atoms with Crippen molar-refractivity contribution in [2.75, 3.05) is 7.11 Å². The highest BCUT2D eigenvalue weighted by Crippen LogP contribution is 2.10. The molecule has 1 amide bonds. The van der Waals surface area contributed by atoms with E-state index in [0.717, 1.165) is 11.1 Å². The van der Waals surface area contributed by atoms with Crippen molar-refractivity contribution >= 4 is 5.91 Å². The van der Waals surface area contributed by atoms with E-state index in [0.29, 0.717) is 19.6 Å². The average molecular weight is 236 g/mol. The van der Waals surface area contributed by atoms with Crippen LogP contribution in [0.4, 0.5) is 0 Å². The summed E-state index contributed by atoms with van der Waals surface area (Å²) in [5.74, 6) is -0.309. The van der Waals surface area contributed by atoms with E-state index in [-0.39, 0.29) is 11.9 Å². The van der Waals surface area contributed by atoms with Gasteiger partial charge in [0, 0.05) is 13.7 Å². The Morgan fingerprint density at radius 3 is 2.59 bits per heavy atom. The van der Waals surface area contributed by atoms with Gasteiger partial charge < -0.3 is 15.8 Å². The molecule has 0 saturated carbocycles. The molecule has 1 aromatic carbocycles. The molecule has 3 N–H and O–H groups in total. The van der Waals surface area contributed by atoms with Crippen molar-refractivity contribution < 1.29 is 9.53 Å². The Balaban J connectivity index is 2.64. The zero-order chi connectivity index (χ0) is 12.7. The van der Waals surface area contributed by atoms with Crippen LogP contribution in [0.1, 0.15) is 24.5 Å². The molecule has 0 heterocycles. The molecular weight excluding hydrogens is 216 g/mol. The summed E-state index contributed by atoms with van der Waals surface area (Å²) < 4.78 is 5.13. The van der Waals surface area contributed by atoms with E-state index in [2.05, 4.69) is 5.32 Å². The van der Waals surface area contributed by atoms with Crippen LogP contribution in [0.25, 0.3) is 0 Å². The predicted molar refractivity (Wildman–Crippen MR) is 67.3 cm³/mol. The molecule has 0 bridgehead atoms. The minimum atomic E-state index is -0.309. The van der Waals surface area contributed by atoms with Crippen LogP contribution in [0, 0.1) is 0 Å². The van der Waals surface area contributed by atoms with Gasteiger partial charge in [-0.05, 0) is 17.5 Å².